The largest absolute Gasteiger partial charge is 0.345 e. The summed E-state index contributed by atoms with van der Waals surface area (Å²) in [6.45, 7) is 3.09. The molecule has 0 radical (unpaired) electrons. The Morgan fingerprint density at radius 2 is 2.40 bits per heavy atom. The number of amides is 1. The van der Waals surface area contributed by atoms with E-state index in [-0.39, 0.29) is 0 Å². The molecule has 1 amide bonds. The van der Waals surface area contributed by atoms with Crippen LogP contribution in [-0.2, 0) is 4.79 Å². The predicted octanol–water partition coefficient (Wildman–Crippen LogP) is 1.26. The third kappa shape index (κ3) is 1.31. The van der Waals surface area contributed by atoms with Crippen molar-refractivity contribution in [2.24, 2.45) is 5.92 Å². The summed E-state index contributed by atoms with van der Waals surface area (Å²) in [5.74, 6) is 0.692. The van der Waals surface area contributed by atoms with E-state index < -0.39 is 0 Å². The molecule has 0 bridgehead atoms. The van der Waals surface area contributed by atoms with Gasteiger partial charge in [0.25, 0.3) is 0 Å². The molecule has 1 heterocycles. The molecule has 10 heavy (non-hydrogen) atoms. The number of rotatable bonds is 2. The van der Waals surface area contributed by atoms with Gasteiger partial charge in [0.1, 0.15) is 0 Å². The molecule has 0 N–H and O–H groups in total. The van der Waals surface area contributed by atoms with Gasteiger partial charge in [-0.05, 0) is 12.8 Å². The Morgan fingerprint density at radius 1 is 1.70 bits per heavy atom. The molecular weight excluding hydrogens is 126 g/mol. The third-order valence-electron chi connectivity index (χ3n) is 2.18. The lowest BCUT2D eigenvalue weighted by Crippen LogP contribution is -2.22. The fourth-order valence-electron chi connectivity index (χ4n) is 1.51. The van der Waals surface area contributed by atoms with Crippen molar-refractivity contribution < 1.29 is 4.79 Å². The van der Waals surface area contributed by atoms with Crippen LogP contribution in [0.15, 0.2) is 0 Å². The summed E-state index contributed by atoms with van der Waals surface area (Å²) in [7, 11) is 1.89. The molecule has 1 unspecified atom stereocenters. The monoisotopic (exact) mass is 141 g/mol. The van der Waals surface area contributed by atoms with E-state index >= 15 is 0 Å². The van der Waals surface area contributed by atoms with Crippen LogP contribution in [0.5, 0.6) is 0 Å². The first-order chi connectivity index (χ1) is 4.75. The number of hydrogen-bond donors (Lipinski definition) is 0. The Kier molecular flexibility index (Phi) is 2.30. The lowest BCUT2D eigenvalue weighted by molar-refractivity contribution is -0.130. The maximum atomic E-state index is 11.2. The minimum atomic E-state index is 0.343. The first-order valence-electron chi connectivity index (χ1n) is 4.00. The lowest BCUT2D eigenvalue weighted by Gasteiger charge is -2.08. The SMILES string of the molecule is CCCC1CCN(C)C1=O. The fourth-order valence-corrected chi connectivity index (χ4v) is 1.51. The van der Waals surface area contributed by atoms with Gasteiger partial charge in [0.2, 0.25) is 5.91 Å². The van der Waals surface area contributed by atoms with E-state index in [2.05, 4.69) is 6.92 Å². The molecule has 0 spiro atoms. The number of carbonyl (C=O) groups excluding carboxylic acids is 1. The van der Waals surface area contributed by atoms with Crippen molar-refractivity contribution >= 4 is 5.91 Å². The van der Waals surface area contributed by atoms with Gasteiger partial charge < -0.3 is 4.90 Å². The molecule has 1 saturated heterocycles. The average molecular weight is 141 g/mol. The zero-order chi connectivity index (χ0) is 7.56. The van der Waals surface area contributed by atoms with Gasteiger partial charge in [0, 0.05) is 19.5 Å². The van der Waals surface area contributed by atoms with Gasteiger partial charge in [-0.15, -0.1) is 0 Å². The quantitative estimate of drug-likeness (QED) is 0.567. The van der Waals surface area contributed by atoms with Gasteiger partial charge in [-0.2, -0.15) is 0 Å². The summed E-state index contributed by atoms with van der Waals surface area (Å²) in [6, 6.07) is 0. The van der Waals surface area contributed by atoms with Crippen molar-refractivity contribution in [3.8, 4) is 0 Å². The summed E-state index contributed by atoms with van der Waals surface area (Å²) >= 11 is 0. The predicted molar refractivity (Wildman–Crippen MR) is 40.7 cm³/mol. The summed E-state index contributed by atoms with van der Waals surface area (Å²) < 4.78 is 0. The Balaban J connectivity index is 2.41. The Labute approximate surface area is 62.2 Å². The molecule has 1 fully saturated rings. The Hall–Kier alpha value is -0.530. The van der Waals surface area contributed by atoms with E-state index in [1.807, 2.05) is 11.9 Å². The lowest BCUT2D eigenvalue weighted by atomic mass is 10.0. The fraction of sp³-hybridized carbons (Fsp3) is 0.875. The third-order valence-corrected chi connectivity index (χ3v) is 2.18. The summed E-state index contributed by atoms with van der Waals surface area (Å²) in [5, 5.41) is 0. The van der Waals surface area contributed by atoms with Gasteiger partial charge in [0.15, 0.2) is 0 Å². The van der Waals surface area contributed by atoms with Crippen LogP contribution >= 0.6 is 0 Å². The highest BCUT2D eigenvalue weighted by atomic mass is 16.2. The first kappa shape index (κ1) is 7.58. The number of likely N-dealkylation sites (tertiary alicyclic amines) is 1. The number of nitrogens with zero attached hydrogens (tertiary/aromatic N) is 1. The molecule has 1 aliphatic heterocycles. The van der Waals surface area contributed by atoms with Gasteiger partial charge in [-0.25, -0.2) is 0 Å². The van der Waals surface area contributed by atoms with E-state index in [4.69, 9.17) is 0 Å². The topological polar surface area (TPSA) is 20.3 Å². The maximum absolute atomic E-state index is 11.2. The highest BCUT2D eigenvalue weighted by Gasteiger charge is 2.27. The van der Waals surface area contributed by atoms with E-state index in [1.54, 1.807) is 0 Å². The van der Waals surface area contributed by atoms with Crippen molar-refractivity contribution in [2.75, 3.05) is 13.6 Å². The van der Waals surface area contributed by atoms with Crippen LogP contribution in [-0.4, -0.2) is 24.4 Å². The van der Waals surface area contributed by atoms with E-state index in [0.29, 0.717) is 11.8 Å². The summed E-state index contributed by atoms with van der Waals surface area (Å²) in [6.07, 6.45) is 3.27. The van der Waals surface area contributed by atoms with Crippen molar-refractivity contribution in [1.29, 1.82) is 0 Å². The summed E-state index contributed by atoms with van der Waals surface area (Å²) in [4.78, 5) is 13.1. The van der Waals surface area contributed by atoms with Crippen LogP contribution in [0, 0.1) is 5.92 Å². The molecule has 1 atom stereocenters. The van der Waals surface area contributed by atoms with Crippen molar-refractivity contribution in [3.63, 3.8) is 0 Å². The summed E-state index contributed by atoms with van der Waals surface area (Å²) in [5.41, 5.74) is 0. The van der Waals surface area contributed by atoms with E-state index in [1.165, 1.54) is 0 Å². The molecule has 0 aromatic carbocycles. The zero-order valence-electron chi connectivity index (χ0n) is 6.76. The normalized spacial score (nSPS) is 26.0. The Bertz CT molecular complexity index is 131. The molecule has 0 aromatic rings. The van der Waals surface area contributed by atoms with Crippen molar-refractivity contribution in [3.05, 3.63) is 0 Å². The zero-order valence-corrected chi connectivity index (χ0v) is 6.76. The second-order valence-electron chi connectivity index (χ2n) is 3.03. The van der Waals surface area contributed by atoms with Gasteiger partial charge >= 0.3 is 0 Å². The van der Waals surface area contributed by atoms with Crippen LogP contribution in [0.3, 0.4) is 0 Å². The molecule has 0 aliphatic carbocycles. The second kappa shape index (κ2) is 3.04. The molecule has 2 nitrogen and oxygen atoms in total. The smallest absolute Gasteiger partial charge is 0.225 e. The van der Waals surface area contributed by atoms with Gasteiger partial charge in [-0.1, -0.05) is 13.3 Å². The first-order valence-corrected chi connectivity index (χ1v) is 4.00. The van der Waals surface area contributed by atoms with Crippen LogP contribution in [0.1, 0.15) is 26.2 Å². The Morgan fingerprint density at radius 3 is 2.80 bits per heavy atom. The minimum absolute atomic E-state index is 0.343. The number of carbonyl (C=O) groups is 1. The molecular formula is C8H15NO. The molecule has 1 rings (SSSR count). The molecule has 0 aromatic heterocycles. The second-order valence-corrected chi connectivity index (χ2v) is 3.03. The van der Waals surface area contributed by atoms with Gasteiger partial charge in [-0.3, -0.25) is 4.79 Å². The molecule has 58 valence electrons. The standard InChI is InChI=1S/C8H15NO/c1-3-4-7-5-6-9(2)8(7)10/h7H,3-6H2,1-2H3. The number of hydrogen-bond acceptors (Lipinski definition) is 1. The van der Waals surface area contributed by atoms with Crippen LogP contribution in [0.25, 0.3) is 0 Å². The van der Waals surface area contributed by atoms with E-state index in [0.717, 1.165) is 25.8 Å². The highest BCUT2D eigenvalue weighted by Crippen LogP contribution is 2.20. The molecule has 0 saturated carbocycles. The van der Waals surface area contributed by atoms with Crippen LogP contribution in [0.2, 0.25) is 0 Å². The molecule has 1 aliphatic rings. The van der Waals surface area contributed by atoms with Crippen molar-refractivity contribution in [2.45, 2.75) is 26.2 Å². The van der Waals surface area contributed by atoms with Crippen LogP contribution < -0.4 is 0 Å². The molecule has 2 heteroatoms. The average Bonchev–Trinajstić information content (AvgIpc) is 2.20. The maximum Gasteiger partial charge on any atom is 0.225 e. The van der Waals surface area contributed by atoms with Gasteiger partial charge in [0.05, 0.1) is 0 Å². The highest BCUT2D eigenvalue weighted by molar-refractivity contribution is 5.80. The van der Waals surface area contributed by atoms with Crippen LogP contribution in [0.4, 0.5) is 0 Å². The minimum Gasteiger partial charge on any atom is -0.345 e. The van der Waals surface area contributed by atoms with E-state index in [9.17, 15) is 4.79 Å². The van der Waals surface area contributed by atoms with Crippen molar-refractivity contribution in [1.82, 2.24) is 4.90 Å².